The molecule has 2 atom stereocenters. The second kappa shape index (κ2) is 6.35. The lowest BCUT2D eigenvalue weighted by molar-refractivity contribution is 0.139. The van der Waals surface area contributed by atoms with E-state index >= 15 is 0 Å². The summed E-state index contributed by atoms with van der Waals surface area (Å²) in [6.07, 6.45) is 1.14. The van der Waals surface area contributed by atoms with Gasteiger partial charge in [0.25, 0.3) is 0 Å². The maximum atomic E-state index is 6.47. The zero-order valence-corrected chi connectivity index (χ0v) is 17.3. The molecule has 0 fully saturated rings. The highest BCUT2D eigenvalue weighted by molar-refractivity contribution is 6.78. The Kier molecular flexibility index (Phi) is 6.55. The molecule has 0 aromatic heterocycles. The molecular formula is C13H34O2Si3. The Morgan fingerprint density at radius 2 is 1.50 bits per heavy atom. The lowest BCUT2D eigenvalue weighted by Gasteiger charge is -2.40. The van der Waals surface area contributed by atoms with Crippen molar-refractivity contribution in [1.82, 2.24) is 0 Å². The van der Waals surface area contributed by atoms with Crippen LogP contribution in [-0.4, -0.2) is 36.4 Å². The topological polar surface area (TPSA) is 18.5 Å². The van der Waals surface area contributed by atoms with E-state index in [2.05, 4.69) is 66.6 Å². The van der Waals surface area contributed by atoms with Gasteiger partial charge in [-0.15, -0.1) is 0 Å². The van der Waals surface area contributed by atoms with Crippen LogP contribution in [0, 0.1) is 0 Å². The second-order valence-electron chi connectivity index (χ2n) is 7.86. The van der Waals surface area contributed by atoms with Crippen molar-refractivity contribution in [2.75, 3.05) is 0 Å². The van der Waals surface area contributed by atoms with Crippen molar-refractivity contribution in [2.24, 2.45) is 0 Å². The minimum Gasteiger partial charge on any atom is -0.418 e. The van der Waals surface area contributed by atoms with Gasteiger partial charge in [-0.3, -0.25) is 0 Å². The van der Waals surface area contributed by atoms with Crippen LogP contribution in [0.4, 0.5) is 0 Å². The van der Waals surface area contributed by atoms with Crippen molar-refractivity contribution < 1.29 is 8.85 Å². The standard InChI is InChI=1S/C13H34O2Si3/c1-11-12(17(5,6)7)14-16(4)13(2,3)15-18(8,9)10/h12,16H,11H2,1-10H3. The zero-order chi connectivity index (χ0) is 14.8. The first-order valence-electron chi connectivity index (χ1n) is 7.15. The predicted molar refractivity (Wildman–Crippen MR) is 90.0 cm³/mol. The monoisotopic (exact) mass is 306 g/mol. The van der Waals surface area contributed by atoms with Gasteiger partial charge in [0.05, 0.1) is 13.3 Å². The molecule has 0 aliphatic heterocycles. The number of hydrogen-bond donors (Lipinski definition) is 0. The van der Waals surface area contributed by atoms with Gasteiger partial charge in [0.15, 0.2) is 8.32 Å². The van der Waals surface area contributed by atoms with Crippen LogP contribution in [0.3, 0.4) is 0 Å². The molecule has 110 valence electrons. The summed E-state index contributed by atoms with van der Waals surface area (Å²) in [5.74, 6) is 0. The molecule has 18 heavy (non-hydrogen) atoms. The lowest BCUT2D eigenvalue weighted by atomic mass is 10.5. The zero-order valence-electron chi connectivity index (χ0n) is 14.2. The molecule has 0 aromatic rings. The van der Waals surface area contributed by atoms with Crippen LogP contribution in [-0.2, 0) is 8.85 Å². The van der Waals surface area contributed by atoms with Gasteiger partial charge in [0.2, 0.25) is 9.04 Å². The molecule has 0 aromatic carbocycles. The van der Waals surface area contributed by atoms with E-state index in [1.54, 1.807) is 0 Å². The number of rotatable bonds is 7. The van der Waals surface area contributed by atoms with Gasteiger partial charge in [0.1, 0.15) is 0 Å². The third-order valence-electron chi connectivity index (χ3n) is 3.25. The molecule has 0 saturated carbocycles. The summed E-state index contributed by atoms with van der Waals surface area (Å²) >= 11 is 0. The molecule has 5 heteroatoms. The van der Waals surface area contributed by atoms with Crippen LogP contribution >= 0.6 is 0 Å². The maximum Gasteiger partial charge on any atom is 0.203 e. The van der Waals surface area contributed by atoms with E-state index in [4.69, 9.17) is 8.85 Å². The van der Waals surface area contributed by atoms with Gasteiger partial charge in [0, 0.05) is 5.73 Å². The Labute approximate surface area is 118 Å². The SMILES string of the molecule is CCC(O[SiH](C)C(C)(C)O[Si](C)(C)C)[Si](C)(C)C. The van der Waals surface area contributed by atoms with Crippen molar-refractivity contribution in [2.45, 2.75) is 84.0 Å². The van der Waals surface area contributed by atoms with Crippen LogP contribution in [0.2, 0.25) is 45.8 Å². The van der Waals surface area contributed by atoms with Crippen molar-refractivity contribution >= 4 is 25.4 Å². The first-order valence-corrected chi connectivity index (χ1v) is 16.3. The molecule has 2 unspecified atom stereocenters. The van der Waals surface area contributed by atoms with Crippen molar-refractivity contribution in [1.29, 1.82) is 0 Å². The van der Waals surface area contributed by atoms with Gasteiger partial charge in [-0.05, 0) is 46.5 Å². The highest BCUT2D eigenvalue weighted by Gasteiger charge is 2.37. The van der Waals surface area contributed by atoms with Gasteiger partial charge in [-0.2, -0.15) is 0 Å². The van der Waals surface area contributed by atoms with Crippen LogP contribution in [0.1, 0.15) is 27.2 Å². The van der Waals surface area contributed by atoms with Crippen LogP contribution in [0.15, 0.2) is 0 Å². The molecular weight excluding hydrogens is 272 g/mol. The summed E-state index contributed by atoms with van der Waals surface area (Å²) in [5.41, 5.74) is 0.476. The normalized spacial score (nSPS) is 17.7. The first-order chi connectivity index (χ1) is 7.79. The summed E-state index contributed by atoms with van der Waals surface area (Å²) < 4.78 is 12.8. The molecule has 0 spiro atoms. The number of hydrogen-bond acceptors (Lipinski definition) is 2. The molecule has 0 N–H and O–H groups in total. The molecule has 0 amide bonds. The third kappa shape index (κ3) is 6.65. The minimum atomic E-state index is -1.50. The Bertz CT molecular complexity index is 254. The van der Waals surface area contributed by atoms with E-state index in [0.717, 1.165) is 6.42 Å². The molecule has 0 bridgehead atoms. The first kappa shape index (κ1) is 18.6. The molecule has 2 nitrogen and oxygen atoms in total. The summed E-state index contributed by atoms with van der Waals surface area (Å²) in [5, 5.41) is -0.0580. The molecule has 0 aliphatic carbocycles. The van der Waals surface area contributed by atoms with Crippen LogP contribution < -0.4 is 0 Å². The maximum absolute atomic E-state index is 6.47. The molecule has 0 saturated heterocycles. The molecule has 0 rings (SSSR count). The fourth-order valence-electron chi connectivity index (χ4n) is 2.20. The Morgan fingerprint density at radius 1 is 1.06 bits per heavy atom. The van der Waals surface area contributed by atoms with Crippen molar-refractivity contribution in [3.63, 3.8) is 0 Å². The fourth-order valence-corrected chi connectivity index (χ4v) is 9.98. The van der Waals surface area contributed by atoms with E-state index in [1.807, 2.05) is 0 Å². The third-order valence-corrected chi connectivity index (χ3v) is 10.2. The van der Waals surface area contributed by atoms with Crippen LogP contribution in [0.25, 0.3) is 0 Å². The van der Waals surface area contributed by atoms with E-state index in [-0.39, 0.29) is 5.22 Å². The quantitative estimate of drug-likeness (QED) is 0.657. The molecule has 0 aliphatic rings. The van der Waals surface area contributed by atoms with Crippen LogP contribution in [0.5, 0.6) is 0 Å². The molecule has 0 heterocycles. The largest absolute Gasteiger partial charge is 0.418 e. The Hall–Kier alpha value is 0.571. The fraction of sp³-hybridized carbons (Fsp3) is 1.00. The minimum absolute atomic E-state index is 0.0580. The van der Waals surface area contributed by atoms with E-state index < -0.39 is 25.4 Å². The van der Waals surface area contributed by atoms with Gasteiger partial charge in [-0.25, -0.2) is 0 Å². The predicted octanol–water partition coefficient (Wildman–Crippen LogP) is 4.18. The summed E-state index contributed by atoms with van der Waals surface area (Å²) in [7, 11) is -4.05. The summed E-state index contributed by atoms with van der Waals surface area (Å²) in [6, 6.07) is 0. The van der Waals surface area contributed by atoms with E-state index in [9.17, 15) is 0 Å². The van der Waals surface area contributed by atoms with Gasteiger partial charge in [-0.1, -0.05) is 26.6 Å². The smallest absolute Gasteiger partial charge is 0.203 e. The van der Waals surface area contributed by atoms with E-state index in [0.29, 0.717) is 5.73 Å². The summed E-state index contributed by atoms with van der Waals surface area (Å²) in [4.78, 5) is 0. The highest BCUT2D eigenvalue weighted by Crippen LogP contribution is 2.24. The Morgan fingerprint density at radius 3 is 1.78 bits per heavy atom. The van der Waals surface area contributed by atoms with Crippen molar-refractivity contribution in [3.05, 3.63) is 0 Å². The average molecular weight is 307 g/mol. The highest BCUT2D eigenvalue weighted by atomic mass is 28.4. The molecule has 0 radical (unpaired) electrons. The summed E-state index contributed by atoms with van der Waals surface area (Å²) in [6.45, 7) is 22.9. The van der Waals surface area contributed by atoms with Gasteiger partial charge >= 0.3 is 0 Å². The van der Waals surface area contributed by atoms with Crippen molar-refractivity contribution in [3.8, 4) is 0 Å². The second-order valence-corrected chi connectivity index (χ2v) is 20.6. The lowest BCUT2D eigenvalue weighted by Crippen LogP contribution is -2.53. The van der Waals surface area contributed by atoms with E-state index in [1.165, 1.54) is 0 Å². The Balaban J connectivity index is 4.69. The van der Waals surface area contributed by atoms with Gasteiger partial charge < -0.3 is 8.85 Å². The average Bonchev–Trinajstić information content (AvgIpc) is 2.07.